The summed E-state index contributed by atoms with van der Waals surface area (Å²) in [4.78, 5) is 36.0. The van der Waals surface area contributed by atoms with Gasteiger partial charge < -0.3 is 14.8 Å². The number of benzene rings is 2. The van der Waals surface area contributed by atoms with Gasteiger partial charge in [0.15, 0.2) is 23.2 Å². The zero-order chi connectivity index (χ0) is 23.5. The van der Waals surface area contributed by atoms with E-state index in [0.717, 1.165) is 0 Å². The van der Waals surface area contributed by atoms with Crippen molar-refractivity contribution in [2.75, 3.05) is 19.0 Å². The minimum absolute atomic E-state index is 0.0883. The van der Waals surface area contributed by atoms with Crippen LogP contribution in [-0.2, 0) is 9.59 Å². The Hall–Kier alpha value is -3.66. The van der Waals surface area contributed by atoms with E-state index in [1.54, 1.807) is 48.5 Å². The molecule has 0 spiro atoms. The van der Waals surface area contributed by atoms with Crippen molar-refractivity contribution in [1.82, 2.24) is 16.2 Å². The van der Waals surface area contributed by atoms with Crippen LogP contribution in [0.5, 0.6) is 11.5 Å². The minimum Gasteiger partial charge on any atom is -0.493 e. The van der Waals surface area contributed by atoms with Gasteiger partial charge in [0.2, 0.25) is 5.91 Å². The minimum atomic E-state index is -0.510. The van der Waals surface area contributed by atoms with Gasteiger partial charge in [0.25, 0.3) is 11.8 Å². The number of amides is 3. The third-order valence-corrected chi connectivity index (χ3v) is 4.20. The van der Waals surface area contributed by atoms with Gasteiger partial charge in [-0.05, 0) is 54.5 Å². The zero-order valence-corrected chi connectivity index (χ0v) is 18.9. The molecule has 0 saturated carbocycles. The Bertz CT molecular complexity index is 963. The van der Waals surface area contributed by atoms with Crippen molar-refractivity contribution in [3.63, 3.8) is 0 Å². The summed E-state index contributed by atoms with van der Waals surface area (Å²) in [6.45, 7) is 3.63. The molecule has 0 aromatic heterocycles. The second-order valence-electron chi connectivity index (χ2n) is 7.12. The maximum atomic E-state index is 12.2. The van der Waals surface area contributed by atoms with Gasteiger partial charge in [0.1, 0.15) is 0 Å². The Morgan fingerprint density at radius 2 is 1.59 bits per heavy atom. The van der Waals surface area contributed by atoms with Gasteiger partial charge >= 0.3 is 0 Å². The summed E-state index contributed by atoms with van der Waals surface area (Å²) in [5, 5.41) is 5.07. The van der Waals surface area contributed by atoms with E-state index in [9.17, 15) is 14.4 Å². The molecule has 0 heterocycles. The van der Waals surface area contributed by atoms with Gasteiger partial charge in [-0.2, -0.15) is 0 Å². The van der Waals surface area contributed by atoms with Crippen molar-refractivity contribution < 1.29 is 23.9 Å². The van der Waals surface area contributed by atoms with Crippen LogP contribution < -0.4 is 31.0 Å². The average molecular weight is 459 g/mol. The van der Waals surface area contributed by atoms with Crippen LogP contribution in [0.3, 0.4) is 0 Å². The fraction of sp³-hybridized carbons (Fsp3) is 0.273. The van der Waals surface area contributed by atoms with Crippen molar-refractivity contribution in [2.24, 2.45) is 5.92 Å². The molecule has 2 aromatic rings. The van der Waals surface area contributed by atoms with E-state index >= 15 is 0 Å². The van der Waals surface area contributed by atoms with Crippen molar-refractivity contribution in [1.29, 1.82) is 0 Å². The molecule has 0 unspecified atom stereocenters. The molecule has 0 fully saturated rings. The van der Waals surface area contributed by atoms with Crippen LogP contribution in [0.2, 0.25) is 0 Å². The Labute approximate surface area is 191 Å². The van der Waals surface area contributed by atoms with Gasteiger partial charge in [-0.15, -0.1) is 0 Å². The summed E-state index contributed by atoms with van der Waals surface area (Å²) in [7, 11) is 1.50. The molecule has 4 N–H and O–H groups in total. The lowest BCUT2D eigenvalue weighted by Gasteiger charge is -2.13. The number of thiocarbonyl (C=S) groups is 1. The lowest BCUT2D eigenvalue weighted by Crippen LogP contribution is -2.49. The van der Waals surface area contributed by atoms with Crippen LogP contribution in [0, 0.1) is 5.92 Å². The van der Waals surface area contributed by atoms with Gasteiger partial charge in [-0.1, -0.05) is 26.0 Å². The highest BCUT2D eigenvalue weighted by Crippen LogP contribution is 2.25. The first-order valence-corrected chi connectivity index (χ1v) is 10.2. The normalized spacial score (nSPS) is 10.1. The molecule has 32 heavy (non-hydrogen) atoms. The molecule has 0 aliphatic rings. The molecule has 0 radical (unpaired) electrons. The topological polar surface area (TPSA) is 118 Å². The van der Waals surface area contributed by atoms with E-state index < -0.39 is 11.8 Å². The first kappa shape index (κ1) is 24.6. The Balaban J connectivity index is 1.75. The molecule has 2 aromatic carbocycles. The van der Waals surface area contributed by atoms with Crippen LogP contribution in [0.25, 0.3) is 0 Å². The van der Waals surface area contributed by atoms with E-state index in [0.29, 0.717) is 29.2 Å². The third-order valence-electron chi connectivity index (χ3n) is 3.99. The zero-order valence-electron chi connectivity index (χ0n) is 18.1. The highest BCUT2D eigenvalue weighted by atomic mass is 32.1. The molecule has 170 valence electrons. The number of carbonyl (C=O) groups excluding carboxylic acids is 3. The predicted molar refractivity (Wildman–Crippen MR) is 124 cm³/mol. The number of hydrogen-bond acceptors (Lipinski definition) is 6. The molecule has 0 aliphatic heterocycles. The number of rotatable bonds is 8. The molecular weight excluding hydrogens is 432 g/mol. The number of para-hydroxylation sites is 2. The Morgan fingerprint density at radius 3 is 2.22 bits per heavy atom. The molecular formula is C22H26N4O5S. The third kappa shape index (κ3) is 8.23. The summed E-state index contributed by atoms with van der Waals surface area (Å²) in [5.74, 6) is 0.105. The molecule has 3 amide bonds. The molecule has 0 atom stereocenters. The standard InChI is InChI=1S/C22H26N4O5S/c1-14(2)12-19(27)23-16-10-8-15(9-11-16)21(29)25-26-22(32)24-20(28)13-31-18-7-5-4-6-17(18)30-3/h4-11,14H,12-13H2,1-3H3,(H,23,27)(H,25,29)(H2,24,26,28,32). The molecule has 0 bridgehead atoms. The lowest BCUT2D eigenvalue weighted by atomic mass is 10.1. The lowest BCUT2D eigenvalue weighted by molar-refractivity contribution is -0.121. The van der Waals surface area contributed by atoms with Crippen molar-refractivity contribution in [3.8, 4) is 11.5 Å². The number of methoxy groups -OCH3 is 1. The monoisotopic (exact) mass is 458 g/mol. The molecule has 0 aliphatic carbocycles. The van der Waals surface area contributed by atoms with Crippen LogP contribution in [-0.4, -0.2) is 36.6 Å². The van der Waals surface area contributed by atoms with Crippen molar-refractivity contribution in [2.45, 2.75) is 20.3 Å². The number of nitrogens with one attached hydrogen (secondary N) is 4. The fourth-order valence-corrected chi connectivity index (χ4v) is 2.71. The van der Waals surface area contributed by atoms with E-state index in [1.807, 2.05) is 13.8 Å². The summed E-state index contributed by atoms with van der Waals surface area (Å²) < 4.78 is 10.5. The molecule has 0 saturated heterocycles. The number of ether oxygens (including phenoxy) is 2. The number of hydrazine groups is 1. The van der Waals surface area contributed by atoms with Crippen LogP contribution in [0.15, 0.2) is 48.5 Å². The average Bonchev–Trinajstić information content (AvgIpc) is 2.76. The van der Waals surface area contributed by atoms with E-state index in [-0.39, 0.29) is 23.5 Å². The molecule has 9 nitrogen and oxygen atoms in total. The number of carbonyl (C=O) groups is 3. The van der Waals surface area contributed by atoms with E-state index in [2.05, 4.69) is 21.5 Å². The van der Waals surface area contributed by atoms with Gasteiger partial charge in [0.05, 0.1) is 7.11 Å². The van der Waals surface area contributed by atoms with Crippen LogP contribution in [0.4, 0.5) is 5.69 Å². The fourth-order valence-electron chi connectivity index (χ4n) is 2.55. The van der Waals surface area contributed by atoms with Gasteiger partial charge in [0, 0.05) is 17.7 Å². The molecule has 10 heteroatoms. The predicted octanol–water partition coefficient (Wildman–Crippen LogP) is 2.39. The summed E-state index contributed by atoms with van der Waals surface area (Å²) in [6.07, 6.45) is 0.416. The largest absolute Gasteiger partial charge is 0.493 e. The number of hydrogen-bond donors (Lipinski definition) is 4. The van der Waals surface area contributed by atoms with Gasteiger partial charge in [-0.3, -0.25) is 30.6 Å². The molecule has 2 rings (SSSR count). The first-order valence-electron chi connectivity index (χ1n) is 9.84. The summed E-state index contributed by atoms with van der Waals surface area (Å²) >= 11 is 5.00. The van der Waals surface area contributed by atoms with Crippen molar-refractivity contribution >= 4 is 40.7 Å². The van der Waals surface area contributed by atoms with E-state index in [4.69, 9.17) is 21.7 Å². The van der Waals surface area contributed by atoms with Crippen molar-refractivity contribution in [3.05, 3.63) is 54.1 Å². The Morgan fingerprint density at radius 1 is 0.938 bits per heavy atom. The van der Waals surface area contributed by atoms with Crippen LogP contribution >= 0.6 is 12.2 Å². The summed E-state index contributed by atoms with van der Waals surface area (Å²) in [6, 6.07) is 13.3. The maximum absolute atomic E-state index is 12.2. The van der Waals surface area contributed by atoms with E-state index in [1.165, 1.54) is 7.11 Å². The van der Waals surface area contributed by atoms with Crippen LogP contribution in [0.1, 0.15) is 30.6 Å². The highest BCUT2D eigenvalue weighted by Gasteiger charge is 2.11. The first-order chi connectivity index (χ1) is 15.3. The van der Waals surface area contributed by atoms with Gasteiger partial charge in [-0.25, -0.2) is 0 Å². The smallest absolute Gasteiger partial charge is 0.269 e. The maximum Gasteiger partial charge on any atom is 0.269 e. The number of anilines is 1. The SMILES string of the molecule is COc1ccccc1OCC(=O)NC(=S)NNC(=O)c1ccc(NC(=O)CC(C)C)cc1. The second kappa shape index (κ2) is 12.3. The highest BCUT2D eigenvalue weighted by molar-refractivity contribution is 7.80. The quantitative estimate of drug-likeness (QED) is 0.354. The Kier molecular flexibility index (Phi) is 9.43. The summed E-state index contributed by atoms with van der Waals surface area (Å²) in [5.41, 5.74) is 5.78. The second-order valence-corrected chi connectivity index (χ2v) is 7.53.